The van der Waals surface area contributed by atoms with Crippen LogP contribution in [0.25, 0.3) is 0 Å². The lowest BCUT2D eigenvalue weighted by Crippen LogP contribution is -1.98. The lowest BCUT2D eigenvalue weighted by atomic mass is 10.2. The summed E-state index contributed by atoms with van der Waals surface area (Å²) in [6.45, 7) is 3.63. The van der Waals surface area contributed by atoms with E-state index in [0.29, 0.717) is 5.56 Å². The first-order valence-corrected chi connectivity index (χ1v) is 6.19. The van der Waals surface area contributed by atoms with Crippen LogP contribution >= 0.6 is 27.7 Å². The van der Waals surface area contributed by atoms with Crippen molar-refractivity contribution in [2.75, 3.05) is 5.75 Å². The van der Waals surface area contributed by atoms with Crippen LogP contribution in [-0.2, 0) is 0 Å². The second-order valence-corrected chi connectivity index (χ2v) is 4.92. The Balaban J connectivity index is 2.86. The van der Waals surface area contributed by atoms with Crippen molar-refractivity contribution in [3.05, 3.63) is 40.9 Å². The number of carboxylic acid groups (broad SMARTS) is 1. The van der Waals surface area contributed by atoms with Crippen molar-refractivity contribution in [1.82, 2.24) is 0 Å². The number of hydrogen-bond donors (Lipinski definition) is 1. The molecule has 0 aliphatic carbocycles. The lowest BCUT2D eigenvalue weighted by molar-refractivity contribution is 0.0693. The number of hydrogen-bond acceptors (Lipinski definition) is 2. The van der Waals surface area contributed by atoms with E-state index < -0.39 is 5.97 Å². The summed E-state index contributed by atoms with van der Waals surface area (Å²) in [4.78, 5) is 11.7. The summed E-state index contributed by atoms with van der Waals surface area (Å²) in [7, 11) is 0. The molecule has 0 atom stereocenters. The van der Waals surface area contributed by atoms with Gasteiger partial charge in [0.05, 0.1) is 5.56 Å². The minimum Gasteiger partial charge on any atom is -0.478 e. The highest BCUT2D eigenvalue weighted by atomic mass is 79.9. The van der Waals surface area contributed by atoms with E-state index in [9.17, 15) is 4.79 Å². The van der Waals surface area contributed by atoms with Crippen molar-refractivity contribution >= 4 is 33.7 Å². The number of benzene rings is 1. The van der Waals surface area contributed by atoms with Crippen LogP contribution in [0.1, 0.15) is 16.8 Å². The minimum absolute atomic E-state index is 0.354. The molecular weight excluding hydrogens is 276 g/mol. The van der Waals surface area contributed by atoms with Gasteiger partial charge in [-0.2, -0.15) is 0 Å². The summed E-state index contributed by atoms with van der Waals surface area (Å²) in [5.41, 5.74) is 0.354. The smallest absolute Gasteiger partial charge is 0.336 e. The van der Waals surface area contributed by atoms with Gasteiger partial charge in [0, 0.05) is 15.1 Å². The molecule has 1 aromatic carbocycles. The van der Waals surface area contributed by atoms with Crippen molar-refractivity contribution in [3.63, 3.8) is 0 Å². The van der Waals surface area contributed by atoms with Gasteiger partial charge in [-0.05, 0) is 24.6 Å². The Kier molecular flexibility index (Phi) is 4.91. The average Bonchev–Trinajstić information content (AvgIpc) is 2.18. The Morgan fingerprint density at radius 3 is 2.93 bits per heavy atom. The van der Waals surface area contributed by atoms with Gasteiger partial charge in [0.15, 0.2) is 0 Å². The third-order valence-electron chi connectivity index (χ3n) is 1.75. The molecule has 0 fully saturated rings. The van der Waals surface area contributed by atoms with Crippen LogP contribution in [0.5, 0.6) is 0 Å². The lowest BCUT2D eigenvalue weighted by Gasteiger charge is -2.05. The zero-order valence-corrected chi connectivity index (χ0v) is 10.5. The molecule has 0 saturated heterocycles. The van der Waals surface area contributed by atoms with Gasteiger partial charge >= 0.3 is 5.97 Å². The monoisotopic (exact) mass is 286 g/mol. The van der Waals surface area contributed by atoms with Gasteiger partial charge in [-0.1, -0.05) is 22.0 Å². The maximum Gasteiger partial charge on any atom is 0.336 e. The molecule has 0 aliphatic heterocycles. The van der Waals surface area contributed by atoms with Gasteiger partial charge in [-0.15, -0.1) is 18.3 Å². The molecule has 0 unspecified atom stereocenters. The van der Waals surface area contributed by atoms with Crippen molar-refractivity contribution in [1.29, 1.82) is 0 Å². The molecule has 15 heavy (non-hydrogen) atoms. The second kappa shape index (κ2) is 5.98. The summed E-state index contributed by atoms with van der Waals surface area (Å²) in [6.07, 6.45) is 2.70. The minimum atomic E-state index is -0.886. The molecule has 1 rings (SSSR count). The molecule has 0 aliphatic rings. The van der Waals surface area contributed by atoms with Gasteiger partial charge in [-0.3, -0.25) is 0 Å². The molecule has 0 bridgehead atoms. The number of rotatable bonds is 5. The highest BCUT2D eigenvalue weighted by molar-refractivity contribution is 9.10. The Bertz CT molecular complexity index is 377. The Morgan fingerprint density at radius 1 is 1.60 bits per heavy atom. The molecular formula is C11H11BrO2S. The fourth-order valence-electron chi connectivity index (χ4n) is 1.04. The summed E-state index contributed by atoms with van der Waals surface area (Å²) in [5, 5.41) is 8.96. The topological polar surface area (TPSA) is 37.3 Å². The molecule has 80 valence electrons. The van der Waals surface area contributed by atoms with Crippen molar-refractivity contribution < 1.29 is 9.90 Å². The van der Waals surface area contributed by atoms with Crippen LogP contribution in [0.4, 0.5) is 0 Å². The normalized spacial score (nSPS) is 9.93. The van der Waals surface area contributed by atoms with Crippen LogP contribution in [0.15, 0.2) is 40.2 Å². The molecule has 4 heteroatoms. The van der Waals surface area contributed by atoms with Crippen LogP contribution in [0, 0.1) is 0 Å². The number of aromatic carboxylic acids is 1. The summed E-state index contributed by atoms with van der Waals surface area (Å²) in [6, 6.07) is 5.18. The Hall–Kier alpha value is -0.740. The first-order valence-electron chi connectivity index (χ1n) is 4.41. The average molecular weight is 287 g/mol. The van der Waals surface area contributed by atoms with E-state index in [2.05, 4.69) is 22.5 Å². The van der Waals surface area contributed by atoms with Crippen molar-refractivity contribution in [3.8, 4) is 0 Å². The van der Waals surface area contributed by atoms with E-state index in [4.69, 9.17) is 5.11 Å². The molecule has 0 spiro atoms. The van der Waals surface area contributed by atoms with Crippen LogP contribution in [0.2, 0.25) is 0 Å². The highest BCUT2D eigenvalue weighted by Gasteiger charge is 2.10. The molecule has 1 aromatic rings. The number of allylic oxidation sites excluding steroid dienone is 1. The first-order chi connectivity index (χ1) is 7.15. The van der Waals surface area contributed by atoms with E-state index in [1.54, 1.807) is 12.1 Å². The summed E-state index contributed by atoms with van der Waals surface area (Å²) < 4.78 is 0.897. The fourth-order valence-corrected chi connectivity index (χ4v) is 2.58. The van der Waals surface area contributed by atoms with Crippen LogP contribution < -0.4 is 0 Å². The zero-order chi connectivity index (χ0) is 11.3. The van der Waals surface area contributed by atoms with E-state index in [0.717, 1.165) is 21.5 Å². The largest absolute Gasteiger partial charge is 0.478 e. The van der Waals surface area contributed by atoms with Crippen LogP contribution in [0.3, 0.4) is 0 Å². The quantitative estimate of drug-likeness (QED) is 0.508. The fraction of sp³-hybridized carbons (Fsp3) is 0.182. The van der Waals surface area contributed by atoms with Gasteiger partial charge in [0.2, 0.25) is 0 Å². The number of carboxylic acids is 1. The third-order valence-corrected chi connectivity index (χ3v) is 3.34. The van der Waals surface area contributed by atoms with Crippen molar-refractivity contribution in [2.45, 2.75) is 11.3 Å². The van der Waals surface area contributed by atoms with E-state index in [1.807, 2.05) is 12.1 Å². The van der Waals surface area contributed by atoms with Gasteiger partial charge in [0.25, 0.3) is 0 Å². The predicted octanol–water partition coefficient (Wildman–Crippen LogP) is 3.82. The first kappa shape index (κ1) is 12.3. The molecule has 0 heterocycles. The summed E-state index contributed by atoms with van der Waals surface area (Å²) >= 11 is 4.86. The molecule has 2 nitrogen and oxygen atoms in total. The standard InChI is InChI=1S/C11H11BrO2S/c1-2-3-6-15-10-7-8(12)4-5-9(10)11(13)14/h2,4-5,7H,1,3,6H2,(H,13,14). The Labute approximate surface area is 102 Å². The molecule has 1 N–H and O–H groups in total. The van der Waals surface area contributed by atoms with Gasteiger partial charge < -0.3 is 5.11 Å². The Morgan fingerprint density at radius 2 is 2.33 bits per heavy atom. The highest BCUT2D eigenvalue weighted by Crippen LogP contribution is 2.27. The van der Waals surface area contributed by atoms with E-state index in [-0.39, 0.29) is 0 Å². The molecule has 0 amide bonds. The second-order valence-electron chi connectivity index (χ2n) is 2.87. The third kappa shape index (κ3) is 3.72. The SMILES string of the molecule is C=CCCSc1cc(Br)ccc1C(=O)O. The maximum atomic E-state index is 10.9. The van der Waals surface area contributed by atoms with Gasteiger partial charge in [-0.25, -0.2) is 4.79 Å². The summed E-state index contributed by atoms with van der Waals surface area (Å²) in [5.74, 6) is -0.0381. The van der Waals surface area contributed by atoms with Crippen LogP contribution in [-0.4, -0.2) is 16.8 Å². The van der Waals surface area contributed by atoms with E-state index in [1.165, 1.54) is 11.8 Å². The predicted molar refractivity (Wildman–Crippen MR) is 66.6 cm³/mol. The zero-order valence-electron chi connectivity index (χ0n) is 8.07. The van der Waals surface area contributed by atoms with Crippen molar-refractivity contribution in [2.24, 2.45) is 0 Å². The van der Waals surface area contributed by atoms with Gasteiger partial charge in [0.1, 0.15) is 0 Å². The maximum absolute atomic E-state index is 10.9. The van der Waals surface area contributed by atoms with E-state index >= 15 is 0 Å². The molecule has 0 radical (unpaired) electrons. The molecule has 0 aromatic heterocycles. The number of halogens is 1. The molecule has 0 saturated carbocycles. The number of carbonyl (C=O) groups is 1. The number of thioether (sulfide) groups is 1.